The smallest absolute Gasteiger partial charge is 0.314 e. The third-order valence-corrected chi connectivity index (χ3v) is 3.62. The van der Waals surface area contributed by atoms with Crippen LogP contribution in [0.5, 0.6) is 0 Å². The summed E-state index contributed by atoms with van der Waals surface area (Å²) in [7, 11) is 0. The summed E-state index contributed by atoms with van der Waals surface area (Å²) in [6, 6.07) is 4.30. The molecule has 4 heteroatoms. The molecule has 1 aliphatic carbocycles. The molecule has 1 N–H and O–H groups in total. The molecule has 0 saturated heterocycles. The summed E-state index contributed by atoms with van der Waals surface area (Å²) in [6.07, 6.45) is 2.53. The van der Waals surface area contributed by atoms with Gasteiger partial charge in [0.05, 0.1) is 5.41 Å². The van der Waals surface area contributed by atoms with E-state index in [-0.39, 0.29) is 10.6 Å². The minimum Gasteiger partial charge on any atom is -0.481 e. The molecule has 1 fully saturated rings. The lowest BCUT2D eigenvalue weighted by atomic mass is 9.78. The quantitative estimate of drug-likeness (QED) is 0.863. The normalized spacial score (nSPS) is 18.6. The number of rotatable bonds is 2. The fourth-order valence-electron chi connectivity index (χ4n) is 2.50. The average molecular weight is 243 g/mol. The average Bonchev–Trinajstić information content (AvgIpc) is 2.67. The van der Waals surface area contributed by atoms with Crippen LogP contribution in [-0.2, 0) is 10.2 Å². The van der Waals surface area contributed by atoms with E-state index < -0.39 is 17.2 Å². The molecule has 0 unspecified atom stereocenters. The summed E-state index contributed by atoms with van der Waals surface area (Å²) >= 11 is 5.94. The predicted octanol–water partition coefficient (Wildman–Crippen LogP) is 3.38. The molecule has 0 aromatic heterocycles. The van der Waals surface area contributed by atoms with Crippen molar-refractivity contribution in [2.45, 2.75) is 31.1 Å². The molecule has 0 radical (unpaired) electrons. The molecule has 0 aliphatic heterocycles. The van der Waals surface area contributed by atoms with Crippen LogP contribution >= 0.6 is 11.6 Å². The van der Waals surface area contributed by atoms with Gasteiger partial charge in [-0.1, -0.05) is 30.5 Å². The van der Waals surface area contributed by atoms with E-state index in [0.717, 1.165) is 12.8 Å². The van der Waals surface area contributed by atoms with Crippen molar-refractivity contribution in [2.24, 2.45) is 0 Å². The summed E-state index contributed by atoms with van der Waals surface area (Å²) in [6.45, 7) is 0. The van der Waals surface area contributed by atoms with E-state index in [9.17, 15) is 14.3 Å². The van der Waals surface area contributed by atoms with Crippen LogP contribution in [0.2, 0.25) is 5.02 Å². The van der Waals surface area contributed by atoms with E-state index in [1.807, 2.05) is 0 Å². The highest BCUT2D eigenvalue weighted by Crippen LogP contribution is 2.45. The number of carboxylic acid groups (broad SMARTS) is 1. The van der Waals surface area contributed by atoms with Gasteiger partial charge in [0, 0.05) is 10.6 Å². The van der Waals surface area contributed by atoms with Crippen molar-refractivity contribution in [1.82, 2.24) is 0 Å². The number of aliphatic carboxylic acids is 1. The maximum atomic E-state index is 13.8. The monoisotopic (exact) mass is 242 g/mol. The van der Waals surface area contributed by atoms with E-state index in [4.69, 9.17) is 11.6 Å². The first-order valence-electron chi connectivity index (χ1n) is 5.26. The van der Waals surface area contributed by atoms with Crippen molar-refractivity contribution in [2.75, 3.05) is 0 Å². The molecule has 0 heterocycles. The summed E-state index contributed by atoms with van der Waals surface area (Å²) in [4.78, 5) is 11.4. The summed E-state index contributed by atoms with van der Waals surface area (Å²) < 4.78 is 13.8. The minimum atomic E-state index is -1.12. The van der Waals surface area contributed by atoms with Gasteiger partial charge in [-0.15, -0.1) is 0 Å². The summed E-state index contributed by atoms with van der Waals surface area (Å²) in [5, 5.41) is 9.55. The summed E-state index contributed by atoms with van der Waals surface area (Å²) in [5.74, 6) is -1.49. The van der Waals surface area contributed by atoms with Crippen LogP contribution in [0, 0.1) is 5.82 Å². The fraction of sp³-hybridized carbons (Fsp3) is 0.417. The van der Waals surface area contributed by atoms with Crippen molar-refractivity contribution < 1.29 is 14.3 Å². The second-order valence-electron chi connectivity index (χ2n) is 4.19. The van der Waals surface area contributed by atoms with Crippen LogP contribution in [0.4, 0.5) is 4.39 Å². The van der Waals surface area contributed by atoms with Gasteiger partial charge in [0.2, 0.25) is 0 Å². The number of benzene rings is 1. The second-order valence-corrected chi connectivity index (χ2v) is 4.60. The van der Waals surface area contributed by atoms with Gasteiger partial charge in [0.25, 0.3) is 0 Å². The zero-order valence-corrected chi connectivity index (χ0v) is 9.43. The second kappa shape index (κ2) is 4.06. The van der Waals surface area contributed by atoms with Gasteiger partial charge < -0.3 is 5.11 Å². The minimum absolute atomic E-state index is 0.154. The number of carboxylic acids is 1. The molecule has 86 valence electrons. The number of hydrogen-bond acceptors (Lipinski definition) is 1. The predicted molar refractivity (Wildman–Crippen MR) is 59.2 cm³/mol. The Morgan fingerprint density at radius 2 is 2.00 bits per heavy atom. The summed E-state index contributed by atoms with van der Waals surface area (Å²) in [5.41, 5.74) is -0.968. The Morgan fingerprint density at radius 1 is 1.38 bits per heavy atom. The molecular weight excluding hydrogens is 231 g/mol. The van der Waals surface area contributed by atoms with Gasteiger partial charge in [-0.2, -0.15) is 0 Å². The number of hydrogen-bond donors (Lipinski definition) is 1. The third kappa shape index (κ3) is 1.59. The first kappa shape index (κ1) is 11.4. The molecule has 0 atom stereocenters. The SMILES string of the molecule is O=C(O)C1(c2c(F)cccc2Cl)CCCC1. The standard InChI is InChI=1S/C12H12ClFO2/c13-8-4-3-5-9(14)10(8)12(11(15)16)6-1-2-7-12/h3-5H,1-2,6-7H2,(H,15,16). The molecule has 2 rings (SSSR count). The Bertz CT molecular complexity index is 405. The highest BCUT2D eigenvalue weighted by atomic mass is 35.5. The Hall–Kier alpha value is -1.09. The third-order valence-electron chi connectivity index (χ3n) is 3.31. The lowest BCUT2D eigenvalue weighted by Crippen LogP contribution is -2.34. The molecule has 1 aromatic rings. The first-order chi connectivity index (χ1) is 7.58. The van der Waals surface area contributed by atoms with Crippen LogP contribution in [0.25, 0.3) is 0 Å². The zero-order chi connectivity index (χ0) is 11.8. The maximum absolute atomic E-state index is 13.8. The maximum Gasteiger partial charge on any atom is 0.314 e. The van der Waals surface area contributed by atoms with Gasteiger partial charge in [0.15, 0.2) is 0 Å². The van der Waals surface area contributed by atoms with Gasteiger partial charge in [-0.25, -0.2) is 4.39 Å². The Labute approximate surface area is 98.0 Å². The first-order valence-corrected chi connectivity index (χ1v) is 5.63. The van der Waals surface area contributed by atoms with Crippen molar-refractivity contribution in [3.05, 3.63) is 34.6 Å². The van der Waals surface area contributed by atoms with E-state index in [1.54, 1.807) is 6.07 Å². The molecule has 0 amide bonds. The largest absolute Gasteiger partial charge is 0.481 e. The van der Waals surface area contributed by atoms with Gasteiger partial charge >= 0.3 is 5.97 Å². The van der Waals surface area contributed by atoms with Crippen LogP contribution in [-0.4, -0.2) is 11.1 Å². The van der Waals surface area contributed by atoms with Crippen LogP contribution in [0.3, 0.4) is 0 Å². The van der Waals surface area contributed by atoms with Crippen LogP contribution in [0.15, 0.2) is 18.2 Å². The van der Waals surface area contributed by atoms with E-state index in [1.165, 1.54) is 12.1 Å². The molecule has 1 aliphatic rings. The van der Waals surface area contributed by atoms with Crippen LogP contribution in [0.1, 0.15) is 31.2 Å². The molecule has 0 spiro atoms. The van der Waals surface area contributed by atoms with Gasteiger partial charge in [-0.3, -0.25) is 4.79 Å². The number of halogens is 2. The van der Waals surface area contributed by atoms with Crippen molar-refractivity contribution >= 4 is 17.6 Å². The highest BCUT2D eigenvalue weighted by molar-refractivity contribution is 6.31. The Kier molecular flexibility index (Phi) is 2.89. The molecule has 1 aromatic carbocycles. The fourth-order valence-corrected chi connectivity index (χ4v) is 2.85. The van der Waals surface area contributed by atoms with E-state index in [0.29, 0.717) is 12.8 Å². The Balaban J connectivity index is 2.60. The van der Waals surface area contributed by atoms with Crippen molar-refractivity contribution in [3.8, 4) is 0 Å². The molecule has 16 heavy (non-hydrogen) atoms. The van der Waals surface area contributed by atoms with Gasteiger partial charge in [0.1, 0.15) is 5.82 Å². The Morgan fingerprint density at radius 3 is 2.50 bits per heavy atom. The lowest BCUT2D eigenvalue weighted by molar-refractivity contribution is -0.143. The van der Waals surface area contributed by atoms with E-state index >= 15 is 0 Å². The number of carbonyl (C=O) groups is 1. The van der Waals surface area contributed by atoms with Crippen molar-refractivity contribution in [3.63, 3.8) is 0 Å². The lowest BCUT2D eigenvalue weighted by Gasteiger charge is -2.25. The molecular formula is C12H12ClFO2. The zero-order valence-electron chi connectivity index (χ0n) is 8.67. The molecule has 1 saturated carbocycles. The van der Waals surface area contributed by atoms with Crippen LogP contribution < -0.4 is 0 Å². The van der Waals surface area contributed by atoms with Crippen molar-refractivity contribution in [1.29, 1.82) is 0 Å². The molecule has 0 bridgehead atoms. The highest BCUT2D eigenvalue weighted by Gasteiger charge is 2.45. The molecule has 2 nitrogen and oxygen atoms in total. The van der Waals surface area contributed by atoms with E-state index in [2.05, 4.69) is 0 Å². The topological polar surface area (TPSA) is 37.3 Å². The van der Waals surface area contributed by atoms with Gasteiger partial charge in [-0.05, 0) is 25.0 Å².